The van der Waals surface area contributed by atoms with Gasteiger partial charge in [-0.15, -0.1) is 0 Å². The van der Waals surface area contributed by atoms with Gasteiger partial charge in [-0.2, -0.15) is 17.4 Å². The highest BCUT2D eigenvalue weighted by Crippen LogP contribution is 2.28. The Morgan fingerprint density at radius 2 is 1.87 bits per heavy atom. The van der Waals surface area contributed by atoms with Crippen molar-refractivity contribution in [3.05, 3.63) is 17.6 Å². The van der Waals surface area contributed by atoms with E-state index in [4.69, 9.17) is 0 Å². The molecule has 0 amide bonds. The molecule has 1 aromatic rings. The molecule has 1 fully saturated rings. The molecule has 0 unspecified atom stereocenters. The molecule has 1 aliphatic heterocycles. The molecule has 0 spiro atoms. The normalized spacial score (nSPS) is 19.9. The molecule has 2 heterocycles. The van der Waals surface area contributed by atoms with Crippen LogP contribution in [0, 0.1) is 0 Å². The van der Waals surface area contributed by atoms with Gasteiger partial charge >= 0.3 is 0 Å². The van der Waals surface area contributed by atoms with Gasteiger partial charge in [-0.1, -0.05) is 0 Å². The first-order valence-electron chi connectivity index (χ1n) is 8.25. The van der Waals surface area contributed by atoms with Crippen molar-refractivity contribution in [3.63, 3.8) is 0 Å². The third-order valence-corrected chi connectivity index (χ3v) is 6.29. The number of rotatable bonds is 4. The third kappa shape index (κ3) is 3.64. The second-order valence-electron chi connectivity index (χ2n) is 6.50. The van der Waals surface area contributed by atoms with Crippen molar-refractivity contribution in [2.75, 3.05) is 32.1 Å². The van der Waals surface area contributed by atoms with Crippen LogP contribution in [0.2, 0.25) is 0 Å². The summed E-state index contributed by atoms with van der Waals surface area (Å²) < 4.78 is 27.8. The fourth-order valence-corrected chi connectivity index (χ4v) is 4.17. The smallest absolute Gasteiger partial charge is 0.279 e. The Morgan fingerprint density at radius 3 is 2.57 bits per heavy atom. The molecule has 0 radical (unpaired) electrons. The number of anilines is 1. The Kier molecular flexibility index (Phi) is 4.84. The van der Waals surface area contributed by atoms with E-state index in [1.165, 1.54) is 28.4 Å². The fraction of sp³-hybridized carbons (Fsp3) is 0.733. The maximum absolute atomic E-state index is 11.9. The summed E-state index contributed by atoms with van der Waals surface area (Å²) >= 11 is 0. The summed E-state index contributed by atoms with van der Waals surface area (Å²) in [5.41, 5.74) is 2.49. The number of hydrogen-bond acceptors (Lipinski definition) is 5. The molecule has 7 nitrogen and oxygen atoms in total. The third-order valence-electron chi connectivity index (χ3n) is 4.69. The zero-order valence-corrected chi connectivity index (χ0v) is 14.6. The average molecular weight is 339 g/mol. The molecule has 0 bridgehead atoms. The lowest BCUT2D eigenvalue weighted by Crippen LogP contribution is -2.48. The van der Waals surface area contributed by atoms with Gasteiger partial charge in [0.2, 0.25) is 0 Å². The number of piperidine rings is 1. The van der Waals surface area contributed by atoms with Gasteiger partial charge in [0.25, 0.3) is 10.2 Å². The fourth-order valence-electron chi connectivity index (χ4n) is 3.30. The molecule has 1 N–H and O–H groups in total. The van der Waals surface area contributed by atoms with Crippen molar-refractivity contribution in [2.24, 2.45) is 0 Å². The molecular formula is C15H25N5O2S. The minimum Gasteiger partial charge on any atom is -0.356 e. The summed E-state index contributed by atoms with van der Waals surface area (Å²) in [4.78, 5) is 11.2. The summed E-state index contributed by atoms with van der Waals surface area (Å²) in [6, 6.07) is -0.00341. The number of nitrogens with one attached hydrogen (secondary N) is 1. The highest BCUT2D eigenvalue weighted by molar-refractivity contribution is 7.87. The number of aryl methyl sites for hydroxylation is 1. The Balaban J connectivity index is 1.66. The van der Waals surface area contributed by atoms with Crippen LogP contribution < -0.4 is 9.62 Å². The summed E-state index contributed by atoms with van der Waals surface area (Å²) in [6.45, 7) is 1.65. The minimum absolute atomic E-state index is 0.00341. The van der Waals surface area contributed by atoms with E-state index in [1.807, 2.05) is 0 Å². The van der Waals surface area contributed by atoms with Crippen LogP contribution in [0.25, 0.3) is 0 Å². The standard InChI is InChI=1S/C15H25N5O2S/c1-19(2)23(21,22)18-12-7-9-20(10-8-12)15-13-5-3-4-6-14(13)16-11-17-15/h11-12,18H,3-10H2,1-2H3. The van der Waals surface area contributed by atoms with Crippen molar-refractivity contribution in [2.45, 2.75) is 44.6 Å². The van der Waals surface area contributed by atoms with Crippen molar-refractivity contribution in [1.82, 2.24) is 19.0 Å². The molecule has 128 valence electrons. The second-order valence-corrected chi connectivity index (χ2v) is 8.41. The lowest BCUT2D eigenvalue weighted by atomic mass is 9.95. The molecule has 0 atom stereocenters. The number of nitrogens with zero attached hydrogens (tertiary/aromatic N) is 4. The molecule has 1 aliphatic carbocycles. The quantitative estimate of drug-likeness (QED) is 0.874. The van der Waals surface area contributed by atoms with Crippen molar-refractivity contribution < 1.29 is 8.42 Å². The van der Waals surface area contributed by atoms with Crippen LogP contribution in [0.4, 0.5) is 5.82 Å². The van der Waals surface area contributed by atoms with E-state index in [2.05, 4.69) is 19.6 Å². The number of aromatic nitrogens is 2. The molecular weight excluding hydrogens is 314 g/mol. The maximum atomic E-state index is 11.9. The molecule has 1 aromatic heterocycles. The zero-order chi connectivity index (χ0) is 16.4. The van der Waals surface area contributed by atoms with Crippen LogP contribution in [-0.2, 0) is 23.1 Å². The summed E-state index contributed by atoms with van der Waals surface area (Å²) in [6.07, 6.45) is 7.77. The minimum atomic E-state index is -3.36. The highest BCUT2D eigenvalue weighted by atomic mass is 32.2. The Hall–Kier alpha value is -1.25. The summed E-state index contributed by atoms with van der Waals surface area (Å²) in [5, 5.41) is 0. The molecule has 8 heteroatoms. The van der Waals surface area contributed by atoms with E-state index in [0.29, 0.717) is 0 Å². The molecule has 2 aliphatic rings. The SMILES string of the molecule is CN(C)S(=O)(=O)NC1CCN(c2ncnc3c2CCCC3)CC1. The van der Waals surface area contributed by atoms with Crippen LogP contribution in [0.3, 0.4) is 0 Å². The first kappa shape index (κ1) is 16.6. The molecule has 3 rings (SSSR count). The maximum Gasteiger partial charge on any atom is 0.279 e. The van der Waals surface area contributed by atoms with Crippen LogP contribution in [0.1, 0.15) is 36.9 Å². The van der Waals surface area contributed by atoms with Crippen LogP contribution in [0.5, 0.6) is 0 Å². The lowest BCUT2D eigenvalue weighted by Gasteiger charge is -2.35. The predicted molar refractivity (Wildman–Crippen MR) is 89.7 cm³/mol. The average Bonchev–Trinajstić information content (AvgIpc) is 2.55. The van der Waals surface area contributed by atoms with Crippen molar-refractivity contribution in [1.29, 1.82) is 0 Å². The Bertz CT molecular complexity index is 654. The van der Waals surface area contributed by atoms with Gasteiger partial charge in [0.1, 0.15) is 12.1 Å². The summed E-state index contributed by atoms with van der Waals surface area (Å²) in [7, 11) is -0.263. The number of fused-ring (bicyclic) bond motifs is 1. The largest absolute Gasteiger partial charge is 0.356 e. The first-order chi connectivity index (χ1) is 11.0. The van der Waals surface area contributed by atoms with E-state index >= 15 is 0 Å². The van der Waals surface area contributed by atoms with E-state index < -0.39 is 10.2 Å². The van der Waals surface area contributed by atoms with Gasteiger partial charge in [0.05, 0.1) is 0 Å². The highest BCUT2D eigenvalue weighted by Gasteiger charge is 2.27. The van der Waals surface area contributed by atoms with E-state index in [0.717, 1.165) is 44.6 Å². The van der Waals surface area contributed by atoms with Crippen LogP contribution >= 0.6 is 0 Å². The molecule has 0 saturated carbocycles. The van der Waals surface area contributed by atoms with Crippen molar-refractivity contribution >= 4 is 16.0 Å². The summed E-state index contributed by atoms with van der Waals surface area (Å²) in [5.74, 6) is 1.06. The van der Waals surface area contributed by atoms with Gasteiger partial charge in [-0.05, 0) is 38.5 Å². The van der Waals surface area contributed by atoms with Crippen LogP contribution in [0.15, 0.2) is 6.33 Å². The van der Waals surface area contributed by atoms with Gasteiger partial charge in [-0.3, -0.25) is 0 Å². The van der Waals surface area contributed by atoms with Gasteiger partial charge < -0.3 is 4.90 Å². The molecule has 23 heavy (non-hydrogen) atoms. The van der Waals surface area contributed by atoms with E-state index in [9.17, 15) is 8.42 Å². The van der Waals surface area contributed by atoms with Crippen LogP contribution in [-0.4, -0.2) is 55.9 Å². The van der Waals surface area contributed by atoms with Gasteiger partial charge in [0.15, 0.2) is 0 Å². The topological polar surface area (TPSA) is 78.4 Å². The Labute approximate surface area is 138 Å². The van der Waals surface area contributed by atoms with Crippen molar-refractivity contribution in [3.8, 4) is 0 Å². The van der Waals surface area contributed by atoms with E-state index in [-0.39, 0.29) is 6.04 Å². The van der Waals surface area contributed by atoms with E-state index in [1.54, 1.807) is 20.4 Å². The number of hydrogen-bond donors (Lipinski definition) is 1. The lowest BCUT2D eigenvalue weighted by molar-refractivity contribution is 0.435. The van der Waals surface area contributed by atoms with Gasteiger partial charge in [0, 0.05) is 44.5 Å². The second kappa shape index (κ2) is 6.70. The van der Waals surface area contributed by atoms with Gasteiger partial charge in [-0.25, -0.2) is 9.97 Å². The zero-order valence-electron chi connectivity index (χ0n) is 13.8. The first-order valence-corrected chi connectivity index (χ1v) is 9.69. The molecule has 1 saturated heterocycles. The Morgan fingerprint density at radius 1 is 1.17 bits per heavy atom. The predicted octanol–water partition coefficient (Wildman–Crippen LogP) is 0.720. The monoisotopic (exact) mass is 339 g/mol. The molecule has 0 aromatic carbocycles.